The van der Waals surface area contributed by atoms with Gasteiger partial charge in [0.2, 0.25) is 0 Å². The van der Waals surface area contributed by atoms with E-state index in [0.29, 0.717) is 13.0 Å². The maximum Gasteiger partial charge on any atom is 0.312 e. The Morgan fingerprint density at radius 2 is 2.18 bits per heavy atom. The van der Waals surface area contributed by atoms with E-state index in [-0.39, 0.29) is 6.04 Å². The lowest BCUT2D eigenvalue weighted by atomic mass is 10.1. The van der Waals surface area contributed by atoms with Gasteiger partial charge < -0.3 is 21.4 Å². The van der Waals surface area contributed by atoms with Crippen LogP contribution in [0.1, 0.15) is 31.9 Å². The molecule has 8 heteroatoms. The number of nitrogens with two attached hydrogens (primary N) is 2. The molecular weight excluding hydrogens is 282 g/mol. The van der Waals surface area contributed by atoms with E-state index in [4.69, 9.17) is 11.5 Å². The number of urea groups is 1. The number of fused-ring (bicyclic) bond motifs is 1. The number of carbonyl (C=O) groups is 1. The van der Waals surface area contributed by atoms with Crippen LogP contribution in [0.25, 0.3) is 11.2 Å². The van der Waals surface area contributed by atoms with E-state index in [9.17, 15) is 4.79 Å². The van der Waals surface area contributed by atoms with Crippen LogP contribution < -0.4 is 16.8 Å². The van der Waals surface area contributed by atoms with E-state index in [2.05, 4.69) is 20.3 Å². The van der Waals surface area contributed by atoms with Gasteiger partial charge in [-0.1, -0.05) is 0 Å². The Hall–Kier alpha value is -2.22. The number of hydrogen-bond acceptors (Lipinski definition) is 5. The third kappa shape index (κ3) is 4.14. The first-order valence-electron chi connectivity index (χ1n) is 7.52. The first-order valence-corrected chi connectivity index (χ1v) is 7.52. The van der Waals surface area contributed by atoms with Crippen LogP contribution >= 0.6 is 0 Å². The number of aryl methyl sites for hydroxylation is 2. The molecule has 5 N–H and O–H groups in total. The highest BCUT2D eigenvalue weighted by molar-refractivity contribution is 5.73. The summed E-state index contributed by atoms with van der Waals surface area (Å²) >= 11 is 0. The summed E-state index contributed by atoms with van der Waals surface area (Å²) in [6, 6.07) is -0.515. The van der Waals surface area contributed by atoms with E-state index in [1.54, 1.807) is 12.7 Å². The molecule has 0 saturated heterocycles. The fraction of sp³-hybridized carbons (Fsp3) is 0.571. The predicted molar refractivity (Wildman–Crippen MR) is 84.1 cm³/mol. The van der Waals surface area contributed by atoms with Crippen LogP contribution in [0, 0.1) is 0 Å². The lowest BCUT2D eigenvalue weighted by molar-refractivity contribution is 0.245. The highest BCUT2D eigenvalue weighted by Crippen LogP contribution is 2.15. The number of carbonyl (C=O) groups excluding carboxylic acids is 1. The van der Waals surface area contributed by atoms with Crippen LogP contribution in [-0.2, 0) is 13.0 Å². The monoisotopic (exact) mass is 305 g/mol. The molecule has 22 heavy (non-hydrogen) atoms. The Bertz CT molecular complexity index is 625. The lowest BCUT2D eigenvalue weighted by Gasteiger charge is -2.11. The standard InChI is InChI=1S/C14H23N7O/c1-10(20-14(16)22)4-5-11-12-13(18-8-17-11)21(9-19-12)7-3-2-6-15/h8-10H,2-7,15H2,1H3,(H3,16,20,22). The predicted octanol–water partition coefficient (Wildman–Crippen LogP) is 0.555. The van der Waals surface area contributed by atoms with E-state index in [1.807, 2.05) is 11.5 Å². The molecule has 2 aromatic heterocycles. The SMILES string of the molecule is CC(CCc1ncnc2c1ncn2CCCCN)NC(N)=O. The van der Waals surface area contributed by atoms with Gasteiger partial charge in [0.15, 0.2) is 5.65 Å². The van der Waals surface area contributed by atoms with Crippen molar-refractivity contribution in [1.29, 1.82) is 0 Å². The minimum absolute atomic E-state index is 0.00541. The fourth-order valence-corrected chi connectivity index (χ4v) is 2.37. The van der Waals surface area contributed by atoms with Crippen molar-refractivity contribution in [2.45, 2.75) is 45.2 Å². The molecule has 0 spiro atoms. The van der Waals surface area contributed by atoms with Gasteiger partial charge in [0.25, 0.3) is 0 Å². The molecule has 0 fully saturated rings. The Labute approximate surface area is 129 Å². The molecule has 0 aromatic carbocycles. The summed E-state index contributed by atoms with van der Waals surface area (Å²) in [6.07, 6.45) is 6.79. The summed E-state index contributed by atoms with van der Waals surface area (Å²) in [5.74, 6) is 0. The van der Waals surface area contributed by atoms with E-state index >= 15 is 0 Å². The molecule has 2 aromatic rings. The van der Waals surface area contributed by atoms with Crippen LogP contribution in [0.5, 0.6) is 0 Å². The Morgan fingerprint density at radius 3 is 2.91 bits per heavy atom. The maximum absolute atomic E-state index is 10.8. The summed E-state index contributed by atoms with van der Waals surface area (Å²) < 4.78 is 2.03. The second-order valence-electron chi connectivity index (χ2n) is 5.37. The average Bonchev–Trinajstić information content (AvgIpc) is 2.89. The number of unbranched alkanes of at least 4 members (excludes halogenated alkanes) is 1. The smallest absolute Gasteiger partial charge is 0.312 e. The van der Waals surface area contributed by atoms with Crippen molar-refractivity contribution in [1.82, 2.24) is 24.8 Å². The van der Waals surface area contributed by atoms with Gasteiger partial charge in [-0.2, -0.15) is 0 Å². The Balaban J connectivity index is 2.06. The highest BCUT2D eigenvalue weighted by Gasteiger charge is 2.11. The quantitative estimate of drug-likeness (QED) is 0.614. The molecule has 0 radical (unpaired) electrons. The summed E-state index contributed by atoms with van der Waals surface area (Å²) in [5, 5.41) is 2.66. The third-order valence-corrected chi connectivity index (χ3v) is 3.53. The Morgan fingerprint density at radius 1 is 1.36 bits per heavy atom. The number of hydrogen-bond donors (Lipinski definition) is 3. The number of primary amides is 1. The number of aromatic nitrogens is 4. The summed E-state index contributed by atoms with van der Waals surface area (Å²) in [4.78, 5) is 23.9. The van der Waals surface area contributed by atoms with Gasteiger partial charge in [0.05, 0.1) is 12.0 Å². The molecule has 2 heterocycles. The lowest BCUT2D eigenvalue weighted by Crippen LogP contribution is -2.37. The van der Waals surface area contributed by atoms with Crippen molar-refractivity contribution in [2.75, 3.05) is 6.54 Å². The van der Waals surface area contributed by atoms with Gasteiger partial charge >= 0.3 is 6.03 Å². The normalized spacial score (nSPS) is 12.5. The van der Waals surface area contributed by atoms with Crippen molar-refractivity contribution in [3.63, 3.8) is 0 Å². The molecule has 0 bridgehead atoms. The van der Waals surface area contributed by atoms with E-state index in [1.165, 1.54) is 0 Å². The number of nitrogens with one attached hydrogen (secondary N) is 1. The summed E-state index contributed by atoms with van der Waals surface area (Å²) in [7, 11) is 0. The number of nitrogens with zero attached hydrogens (tertiary/aromatic N) is 4. The molecule has 1 unspecified atom stereocenters. The van der Waals surface area contributed by atoms with Crippen molar-refractivity contribution >= 4 is 17.2 Å². The highest BCUT2D eigenvalue weighted by atomic mass is 16.2. The summed E-state index contributed by atoms with van der Waals surface area (Å²) in [6.45, 7) is 3.45. The van der Waals surface area contributed by atoms with Crippen LogP contribution in [-0.4, -0.2) is 38.1 Å². The average molecular weight is 305 g/mol. The molecule has 8 nitrogen and oxygen atoms in total. The Kier molecular flexibility index (Phi) is 5.65. The van der Waals surface area contributed by atoms with Gasteiger partial charge in [-0.05, 0) is 39.2 Å². The van der Waals surface area contributed by atoms with Gasteiger partial charge in [-0.25, -0.2) is 19.7 Å². The maximum atomic E-state index is 10.8. The molecule has 0 saturated carbocycles. The fourth-order valence-electron chi connectivity index (χ4n) is 2.37. The van der Waals surface area contributed by atoms with Crippen molar-refractivity contribution in [2.24, 2.45) is 11.5 Å². The molecule has 1 atom stereocenters. The number of amides is 2. The van der Waals surface area contributed by atoms with E-state index < -0.39 is 6.03 Å². The number of imidazole rings is 1. The van der Waals surface area contributed by atoms with Gasteiger partial charge in [-0.15, -0.1) is 0 Å². The molecule has 120 valence electrons. The van der Waals surface area contributed by atoms with Crippen LogP contribution in [0.2, 0.25) is 0 Å². The van der Waals surface area contributed by atoms with Gasteiger partial charge in [0, 0.05) is 12.6 Å². The van der Waals surface area contributed by atoms with Gasteiger partial charge in [-0.3, -0.25) is 0 Å². The van der Waals surface area contributed by atoms with Crippen molar-refractivity contribution in [3.05, 3.63) is 18.3 Å². The van der Waals surface area contributed by atoms with Crippen LogP contribution in [0.4, 0.5) is 4.79 Å². The summed E-state index contributed by atoms with van der Waals surface area (Å²) in [5.41, 5.74) is 13.2. The number of rotatable bonds is 8. The second kappa shape index (κ2) is 7.69. The first-order chi connectivity index (χ1) is 10.6. The first kappa shape index (κ1) is 16.2. The molecule has 0 aliphatic heterocycles. The molecule has 0 aliphatic rings. The second-order valence-corrected chi connectivity index (χ2v) is 5.37. The molecular formula is C14H23N7O. The largest absolute Gasteiger partial charge is 0.352 e. The van der Waals surface area contributed by atoms with Crippen LogP contribution in [0.3, 0.4) is 0 Å². The minimum Gasteiger partial charge on any atom is -0.352 e. The minimum atomic E-state index is -0.510. The van der Waals surface area contributed by atoms with Gasteiger partial charge in [0.1, 0.15) is 11.8 Å². The third-order valence-electron chi connectivity index (χ3n) is 3.53. The topological polar surface area (TPSA) is 125 Å². The zero-order valence-electron chi connectivity index (χ0n) is 12.8. The van der Waals surface area contributed by atoms with E-state index in [0.717, 1.165) is 42.7 Å². The van der Waals surface area contributed by atoms with Crippen molar-refractivity contribution in [3.8, 4) is 0 Å². The molecule has 2 amide bonds. The zero-order chi connectivity index (χ0) is 15.9. The van der Waals surface area contributed by atoms with Crippen molar-refractivity contribution < 1.29 is 4.79 Å². The van der Waals surface area contributed by atoms with Crippen LogP contribution in [0.15, 0.2) is 12.7 Å². The zero-order valence-corrected chi connectivity index (χ0v) is 12.8. The molecule has 2 rings (SSSR count). The molecule has 0 aliphatic carbocycles.